The molecule has 0 amide bonds. The number of halogens is 3. The first-order valence-corrected chi connectivity index (χ1v) is 12.0. The fraction of sp³-hybridized carbons (Fsp3) is 0.333. The standard InChI is InChI=1S/C24H24F3NO3S2/c1-13(2)21-22(33-23(28-21)16-5-7-17(8-6-16)24(25,26)27)15(4)32-18-9-10-19(14(3)11-18)31-12-20(29)30/h5-11,13,15H,12H2,1-4H3,(H,29,30)/t15-/m0/s1. The molecule has 9 heteroatoms. The van der Waals surface area contributed by atoms with Gasteiger partial charge in [0, 0.05) is 20.6 Å². The van der Waals surface area contributed by atoms with E-state index in [1.54, 1.807) is 17.8 Å². The molecule has 2 aromatic carbocycles. The van der Waals surface area contributed by atoms with Crippen molar-refractivity contribution < 1.29 is 27.8 Å². The van der Waals surface area contributed by atoms with E-state index in [2.05, 4.69) is 6.92 Å². The van der Waals surface area contributed by atoms with E-state index in [9.17, 15) is 18.0 Å². The lowest BCUT2D eigenvalue weighted by molar-refractivity contribution is -0.139. The third kappa shape index (κ3) is 6.29. The zero-order valence-corrected chi connectivity index (χ0v) is 20.2. The van der Waals surface area contributed by atoms with Crippen LogP contribution >= 0.6 is 23.1 Å². The molecule has 0 spiro atoms. The van der Waals surface area contributed by atoms with Crippen molar-refractivity contribution in [2.75, 3.05) is 6.61 Å². The third-order valence-corrected chi connectivity index (χ3v) is 7.43. The first kappa shape index (κ1) is 25.1. The fourth-order valence-electron chi connectivity index (χ4n) is 3.23. The van der Waals surface area contributed by atoms with Gasteiger partial charge in [-0.05, 0) is 55.7 Å². The molecule has 0 fully saturated rings. The van der Waals surface area contributed by atoms with E-state index in [1.807, 2.05) is 32.9 Å². The minimum Gasteiger partial charge on any atom is -0.482 e. The molecule has 0 saturated carbocycles. The Morgan fingerprint density at radius 3 is 2.36 bits per heavy atom. The number of carboxylic acids is 1. The zero-order chi connectivity index (χ0) is 24.3. The molecule has 0 bridgehead atoms. The summed E-state index contributed by atoms with van der Waals surface area (Å²) >= 11 is 3.14. The summed E-state index contributed by atoms with van der Waals surface area (Å²) in [4.78, 5) is 17.6. The molecule has 0 saturated heterocycles. The summed E-state index contributed by atoms with van der Waals surface area (Å²) in [7, 11) is 0. The Morgan fingerprint density at radius 1 is 1.15 bits per heavy atom. The van der Waals surface area contributed by atoms with Crippen LogP contribution in [0.4, 0.5) is 13.2 Å². The maximum Gasteiger partial charge on any atom is 0.416 e. The van der Waals surface area contributed by atoms with Crippen molar-refractivity contribution in [1.82, 2.24) is 4.98 Å². The number of thiazole rings is 1. The first-order valence-electron chi connectivity index (χ1n) is 10.3. The number of hydrogen-bond donors (Lipinski definition) is 1. The van der Waals surface area contributed by atoms with Crippen LogP contribution in [-0.4, -0.2) is 22.7 Å². The number of rotatable bonds is 8. The number of benzene rings is 2. The van der Waals surface area contributed by atoms with Crippen LogP contribution in [0.25, 0.3) is 10.6 Å². The molecule has 0 aliphatic heterocycles. The predicted molar refractivity (Wildman–Crippen MR) is 125 cm³/mol. The Bertz CT molecular complexity index is 1120. The minimum absolute atomic E-state index is 0.0632. The average molecular weight is 496 g/mol. The summed E-state index contributed by atoms with van der Waals surface area (Å²) in [5, 5.41) is 9.55. The maximum absolute atomic E-state index is 12.9. The van der Waals surface area contributed by atoms with E-state index in [0.717, 1.165) is 33.2 Å². The molecule has 4 nitrogen and oxygen atoms in total. The molecule has 1 heterocycles. The van der Waals surface area contributed by atoms with Gasteiger partial charge < -0.3 is 9.84 Å². The second kappa shape index (κ2) is 10.2. The van der Waals surface area contributed by atoms with Crippen molar-refractivity contribution in [3.8, 4) is 16.3 Å². The monoisotopic (exact) mass is 495 g/mol. The van der Waals surface area contributed by atoms with Crippen LogP contribution < -0.4 is 4.74 Å². The number of hydrogen-bond acceptors (Lipinski definition) is 5. The van der Waals surface area contributed by atoms with Gasteiger partial charge in [0.2, 0.25) is 0 Å². The van der Waals surface area contributed by atoms with Gasteiger partial charge in [0.05, 0.1) is 11.3 Å². The van der Waals surface area contributed by atoms with Crippen LogP contribution in [0.5, 0.6) is 5.75 Å². The Hall–Kier alpha value is -2.52. The maximum atomic E-state index is 12.9. The van der Waals surface area contributed by atoms with E-state index in [-0.39, 0.29) is 11.2 Å². The van der Waals surface area contributed by atoms with E-state index < -0.39 is 24.3 Å². The Morgan fingerprint density at radius 2 is 1.82 bits per heavy atom. The van der Waals surface area contributed by atoms with Crippen molar-refractivity contribution in [3.63, 3.8) is 0 Å². The highest BCUT2D eigenvalue weighted by molar-refractivity contribution is 7.99. The lowest BCUT2D eigenvalue weighted by Crippen LogP contribution is -2.10. The van der Waals surface area contributed by atoms with E-state index in [4.69, 9.17) is 14.8 Å². The molecule has 33 heavy (non-hydrogen) atoms. The Labute approximate surface area is 198 Å². The van der Waals surface area contributed by atoms with Gasteiger partial charge in [-0.15, -0.1) is 23.1 Å². The van der Waals surface area contributed by atoms with Gasteiger partial charge in [0.15, 0.2) is 6.61 Å². The van der Waals surface area contributed by atoms with Gasteiger partial charge in [-0.25, -0.2) is 9.78 Å². The summed E-state index contributed by atoms with van der Waals surface area (Å²) in [6.07, 6.45) is -4.37. The topological polar surface area (TPSA) is 59.4 Å². The fourth-order valence-corrected chi connectivity index (χ4v) is 5.70. The van der Waals surface area contributed by atoms with E-state index >= 15 is 0 Å². The van der Waals surface area contributed by atoms with Crippen LogP contribution in [0.15, 0.2) is 47.4 Å². The Balaban J connectivity index is 1.83. The molecule has 0 aliphatic carbocycles. The van der Waals surface area contributed by atoms with E-state index in [0.29, 0.717) is 16.3 Å². The van der Waals surface area contributed by atoms with Gasteiger partial charge in [0.25, 0.3) is 0 Å². The highest BCUT2D eigenvalue weighted by Gasteiger charge is 2.30. The summed E-state index contributed by atoms with van der Waals surface area (Å²) in [5.74, 6) is -0.340. The van der Waals surface area contributed by atoms with Crippen LogP contribution in [0.3, 0.4) is 0 Å². The third-order valence-electron chi connectivity index (χ3n) is 4.87. The van der Waals surface area contributed by atoms with Crippen molar-refractivity contribution in [2.24, 2.45) is 0 Å². The summed E-state index contributed by atoms with van der Waals surface area (Å²) in [6, 6.07) is 10.7. The highest BCUT2D eigenvalue weighted by Crippen LogP contribution is 2.44. The molecule has 1 N–H and O–H groups in total. The summed E-state index contributed by atoms with van der Waals surface area (Å²) in [6.45, 7) is 7.64. The van der Waals surface area contributed by atoms with Crippen molar-refractivity contribution >= 4 is 29.1 Å². The van der Waals surface area contributed by atoms with Crippen molar-refractivity contribution in [2.45, 2.75) is 49.9 Å². The quantitative estimate of drug-likeness (QED) is 0.327. The van der Waals surface area contributed by atoms with Crippen molar-refractivity contribution in [1.29, 1.82) is 0 Å². The molecule has 3 aromatic rings. The molecule has 0 unspecified atom stereocenters. The number of thioether (sulfide) groups is 1. The molecular formula is C24H24F3NO3S2. The molecule has 1 atom stereocenters. The van der Waals surface area contributed by atoms with Gasteiger partial charge in [-0.1, -0.05) is 26.0 Å². The first-order chi connectivity index (χ1) is 15.5. The molecule has 3 rings (SSSR count). The predicted octanol–water partition coefficient (Wildman–Crippen LogP) is 7.58. The van der Waals surface area contributed by atoms with Gasteiger partial charge in [-0.2, -0.15) is 13.2 Å². The smallest absolute Gasteiger partial charge is 0.416 e. The van der Waals surface area contributed by atoms with E-state index in [1.165, 1.54) is 23.5 Å². The van der Waals surface area contributed by atoms with Crippen LogP contribution in [0.1, 0.15) is 53.6 Å². The lowest BCUT2D eigenvalue weighted by Gasteiger charge is -2.14. The van der Waals surface area contributed by atoms with Gasteiger partial charge >= 0.3 is 12.1 Å². The van der Waals surface area contributed by atoms with Crippen LogP contribution in [-0.2, 0) is 11.0 Å². The number of carbonyl (C=O) groups is 1. The average Bonchev–Trinajstić information content (AvgIpc) is 3.18. The Kier molecular flexibility index (Phi) is 7.74. The number of nitrogens with zero attached hydrogens (tertiary/aromatic N) is 1. The van der Waals surface area contributed by atoms with Crippen LogP contribution in [0, 0.1) is 6.92 Å². The van der Waals surface area contributed by atoms with Crippen molar-refractivity contribution in [3.05, 3.63) is 64.2 Å². The highest BCUT2D eigenvalue weighted by atomic mass is 32.2. The second-order valence-corrected chi connectivity index (χ2v) is 10.3. The molecule has 0 aliphatic rings. The SMILES string of the molecule is Cc1cc(S[C@@H](C)c2sc(-c3ccc(C(F)(F)F)cc3)nc2C(C)C)ccc1OCC(=O)O. The summed E-state index contributed by atoms with van der Waals surface area (Å²) in [5.41, 5.74) is 1.76. The molecule has 1 aromatic heterocycles. The summed E-state index contributed by atoms with van der Waals surface area (Å²) < 4.78 is 44.0. The number of aryl methyl sites for hydroxylation is 1. The van der Waals surface area contributed by atoms with Gasteiger partial charge in [0.1, 0.15) is 10.8 Å². The lowest BCUT2D eigenvalue weighted by atomic mass is 10.1. The number of aliphatic carboxylic acids is 1. The number of aromatic nitrogens is 1. The van der Waals surface area contributed by atoms with Gasteiger partial charge in [-0.3, -0.25) is 0 Å². The number of alkyl halides is 3. The van der Waals surface area contributed by atoms with Crippen LogP contribution in [0.2, 0.25) is 0 Å². The zero-order valence-electron chi connectivity index (χ0n) is 18.6. The second-order valence-electron chi connectivity index (χ2n) is 7.87. The number of ether oxygens (including phenoxy) is 1. The molecule has 0 radical (unpaired) electrons. The molecule has 176 valence electrons. The minimum atomic E-state index is -4.37. The number of carboxylic acid groups (broad SMARTS) is 1. The largest absolute Gasteiger partial charge is 0.482 e. The molecular weight excluding hydrogens is 471 g/mol. The normalized spacial score (nSPS) is 12.7.